The van der Waals surface area contributed by atoms with E-state index in [-0.39, 0.29) is 5.82 Å². The Bertz CT molecular complexity index is 419. The van der Waals surface area contributed by atoms with Gasteiger partial charge in [0, 0.05) is 0 Å². The van der Waals surface area contributed by atoms with Gasteiger partial charge in [-0.1, -0.05) is 0 Å². The maximum atomic E-state index is 12.6. The summed E-state index contributed by atoms with van der Waals surface area (Å²) >= 11 is 4.25. The monoisotopic (exact) mass is 344 g/mol. The van der Waals surface area contributed by atoms with Crippen LogP contribution in [0.5, 0.6) is 5.75 Å². The minimum atomic E-state index is -0.254. The first-order valence-electron chi connectivity index (χ1n) is 4.95. The second-order valence-electron chi connectivity index (χ2n) is 3.15. The Hall–Kier alpha value is -0.727. The third kappa shape index (κ3) is 5.42. The first kappa shape index (κ1) is 14.3. The first-order valence-corrected chi connectivity index (χ1v) is 11.9. The fraction of sp³-hybridized carbons (Fsp3) is 0.0769. The molecule has 2 aromatic carbocycles. The molecule has 2 aromatic rings. The molecule has 0 aliphatic heterocycles. The van der Waals surface area contributed by atoms with Gasteiger partial charge in [-0.15, -0.1) is 5.56 Å². The molecule has 0 unspecified atom stereocenters. The fourth-order valence-electron chi connectivity index (χ4n) is 1.22. The second kappa shape index (κ2) is 8.38. The summed E-state index contributed by atoms with van der Waals surface area (Å²) in [5.41, 5.74) is 1.04. The van der Waals surface area contributed by atoms with Gasteiger partial charge in [0.05, 0.1) is 6.61 Å². The zero-order valence-corrected chi connectivity index (χ0v) is 13.8. The van der Waals surface area contributed by atoms with Crippen LogP contribution >= 0.6 is 13.6 Å². The molecule has 0 radical (unpaired) electrons. The van der Waals surface area contributed by atoms with Crippen molar-refractivity contribution in [1.29, 1.82) is 0 Å². The Kier molecular flexibility index (Phi) is 7.06. The van der Waals surface area contributed by atoms with Crippen LogP contribution in [0.2, 0.25) is 0 Å². The third-order valence-electron chi connectivity index (χ3n) is 1.99. The Morgan fingerprint density at radius 1 is 1.18 bits per heavy atom. The van der Waals surface area contributed by atoms with Crippen LogP contribution in [0.25, 0.3) is 0 Å². The number of hydrogen-bond donors (Lipinski definition) is 0. The van der Waals surface area contributed by atoms with Gasteiger partial charge in [0.25, 0.3) is 0 Å². The van der Waals surface area contributed by atoms with Crippen molar-refractivity contribution in [2.75, 3.05) is 0 Å². The Balaban J connectivity index is 0.000000686. The summed E-state index contributed by atoms with van der Waals surface area (Å²) in [7, 11) is 0. The zero-order valence-electron chi connectivity index (χ0n) is 9.20. The van der Waals surface area contributed by atoms with E-state index in [0.29, 0.717) is 12.4 Å². The van der Waals surface area contributed by atoms with Gasteiger partial charge in [0.1, 0.15) is 11.6 Å². The van der Waals surface area contributed by atoms with Crippen LogP contribution in [0.15, 0.2) is 48.5 Å². The van der Waals surface area contributed by atoms with Gasteiger partial charge in [-0.2, -0.15) is 30.3 Å². The van der Waals surface area contributed by atoms with Crippen LogP contribution in [0.1, 0.15) is 5.56 Å². The molecule has 0 fully saturated rings. The van der Waals surface area contributed by atoms with E-state index in [1.54, 1.807) is 12.1 Å². The summed E-state index contributed by atoms with van der Waals surface area (Å²) < 4.78 is 18.0. The molecule has 0 amide bonds. The molecule has 0 bridgehead atoms. The topological polar surface area (TPSA) is 9.23 Å². The van der Waals surface area contributed by atoms with Crippen LogP contribution in [0, 0.1) is 11.9 Å². The molecule has 17 heavy (non-hydrogen) atoms. The third-order valence-corrected chi connectivity index (χ3v) is 1.99. The van der Waals surface area contributed by atoms with Crippen molar-refractivity contribution in [3.8, 4) is 5.75 Å². The normalized spacial score (nSPS) is 9.18. The maximum absolute atomic E-state index is 12.6. The van der Waals surface area contributed by atoms with E-state index in [9.17, 15) is 4.39 Å². The fourth-order valence-corrected chi connectivity index (χ4v) is 1.22. The van der Waals surface area contributed by atoms with E-state index >= 15 is 0 Å². The number of hydrogen-bond acceptors (Lipinski definition) is 1. The molecule has 0 atom stereocenters. The van der Waals surface area contributed by atoms with E-state index in [0.717, 1.165) is 5.56 Å². The van der Waals surface area contributed by atoms with E-state index in [2.05, 4.69) is 19.7 Å². The number of halogens is 2. The quantitative estimate of drug-likeness (QED) is 0.602. The molecular formula is C13H10BrFOZn. The van der Waals surface area contributed by atoms with Gasteiger partial charge in [0.15, 0.2) is 0 Å². The average molecular weight is 347 g/mol. The van der Waals surface area contributed by atoms with Crippen molar-refractivity contribution in [3.05, 3.63) is 66.0 Å². The van der Waals surface area contributed by atoms with E-state index in [1.807, 2.05) is 24.3 Å². The number of benzene rings is 2. The van der Waals surface area contributed by atoms with E-state index in [4.69, 9.17) is 4.74 Å². The van der Waals surface area contributed by atoms with Crippen LogP contribution < -0.4 is 4.74 Å². The van der Waals surface area contributed by atoms with Crippen molar-refractivity contribution in [2.45, 2.75) is 6.61 Å². The van der Waals surface area contributed by atoms with Crippen molar-refractivity contribution in [1.82, 2.24) is 0 Å². The summed E-state index contributed by atoms with van der Waals surface area (Å²) in [4.78, 5) is 0. The number of rotatable bonds is 3. The van der Waals surface area contributed by atoms with Crippen molar-refractivity contribution in [2.24, 2.45) is 0 Å². The Morgan fingerprint density at radius 2 is 1.88 bits per heavy atom. The zero-order chi connectivity index (χ0) is 12.5. The van der Waals surface area contributed by atoms with Crippen molar-refractivity contribution < 1.29 is 25.5 Å². The van der Waals surface area contributed by atoms with Crippen LogP contribution in [-0.4, -0.2) is 0 Å². The Labute approximate surface area is 117 Å². The molecule has 84 valence electrons. The van der Waals surface area contributed by atoms with Gasteiger partial charge in [-0.3, -0.25) is 0 Å². The number of ether oxygens (including phenoxy) is 1. The molecule has 0 saturated carbocycles. The predicted molar refractivity (Wildman–Crippen MR) is 64.9 cm³/mol. The van der Waals surface area contributed by atoms with Crippen LogP contribution in [0.3, 0.4) is 0 Å². The summed E-state index contributed by atoms with van der Waals surface area (Å²) in [6.45, 7) is 0.475. The molecule has 2 rings (SSSR count). The van der Waals surface area contributed by atoms with E-state index < -0.39 is 0 Å². The minimum absolute atomic E-state index is 0.254. The van der Waals surface area contributed by atoms with Gasteiger partial charge in [-0.05, 0) is 24.3 Å². The van der Waals surface area contributed by atoms with Gasteiger partial charge < -0.3 is 4.74 Å². The second-order valence-corrected chi connectivity index (χ2v) is 3.15. The summed E-state index contributed by atoms with van der Waals surface area (Å²) in [5.74, 6) is 0.413. The molecule has 0 N–H and O–H groups in total. The SMILES string of the molecule is Fc1ccc(OCc2c[c-]ccc2)cc1.[Zn+][Br]. The summed E-state index contributed by atoms with van der Waals surface area (Å²) in [6.07, 6.45) is 0. The molecular weight excluding hydrogens is 336 g/mol. The summed E-state index contributed by atoms with van der Waals surface area (Å²) in [5, 5.41) is 0. The van der Waals surface area contributed by atoms with Crippen LogP contribution in [0.4, 0.5) is 4.39 Å². The molecule has 0 saturated heterocycles. The molecule has 0 heterocycles. The molecule has 0 spiro atoms. The van der Waals surface area contributed by atoms with E-state index in [1.165, 1.54) is 28.5 Å². The predicted octanol–water partition coefficient (Wildman–Crippen LogP) is 4.05. The van der Waals surface area contributed by atoms with Crippen molar-refractivity contribution >= 4 is 13.6 Å². The molecule has 0 aliphatic rings. The molecule has 4 heteroatoms. The van der Waals surface area contributed by atoms with Gasteiger partial charge in [-0.25, -0.2) is 4.39 Å². The van der Waals surface area contributed by atoms with Crippen LogP contribution in [-0.2, 0) is 22.9 Å². The average Bonchev–Trinajstić information content (AvgIpc) is 2.42. The molecule has 0 aromatic heterocycles. The van der Waals surface area contributed by atoms with Gasteiger partial charge in [0.2, 0.25) is 0 Å². The Morgan fingerprint density at radius 3 is 2.47 bits per heavy atom. The first-order chi connectivity index (χ1) is 8.34. The standard InChI is InChI=1S/C13H10FO.BrH.Zn/c14-12-6-8-13(9-7-12)15-10-11-4-2-1-3-5-11;;/h1-2,4-9H,10H2;1H;/q-1;;+2/p-1. The molecule has 0 aliphatic carbocycles. The summed E-state index contributed by atoms with van der Waals surface area (Å²) in [6, 6.07) is 16.5. The van der Waals surface area contributed by atoms with Crippen molar-refractivity contribution in [3.63, 3.8) is 0 Å². The van der Waals surface area contributed by atoms with Gasteiger partial charge >= 0.3 is 30.0 Å². The molecule has 1 nitrogen and oxygen atoms in total.